The molecule has 70 valence electrons. The average molecular weight is 175 g/mol. The van der Waals surface area contributed by atoms with E-state index in [2.05, 4.69) is 30.3 Å². The van der Waals surface area contributed by atoms with Gasteiger partial charge in [-0.25, -0.2) is 0 Å². The van der Waals surface area contributed by atoms with Crippen LogP contribution < -0.4 is 5.73 Å². The summed E-state index contributed by atoms with van der Waals surface area (Å²) in [6.45, 7) is 0. The molecular formula is C12H17N. The van der Waals surface area contributed by atoms with E-state index in [1.807, 2.05) is 0 Å². The van der Waals surface area contributed by atoms with Gasteiger partial charge in [0, 0.05) is 6.04 Å². The standard InChI is InChI=1S/C12H17N/c13-12-7-6-11(9-12)8-10-4-2-1-3-5-10/h1-5,11-12H,6-9,13H2/t11-,12+/m1/s1. The fraction of sp³-hybridized carbons (Fsp3) is 0.500. The molecule has 0 heterocycles. The molecule has 2 N–H and O–H groups in total. The van der Waals surface area contributed by atoms with Gasteiger partial charge in [0.1, 0.15) is 0 Å². The summed E-state index contributed by atoms with van der Waals surface area (Å²) in [5.74, 6) is 0.831. The minimum atomic E-state index is 0.466. The zero-order chi connectivity index (χ0) is 9.10. The van der Waals surface area contributed by atoms with Crippen molar-refractivity contribution in [2.75, 3.05) is 0 Å². The highest BCUT2D eigenvalue weighted by Gasteiger charge is 2.21. The molecule has 1 aliphatic carbocycles. The fourth-order valence-electron chi connectivity index (χ4n) is 2.25. The molecule has 1 fully saturated rings. The molecule has 2 atom stereocenters. The van der Waals surface area contributed by atoms with E-state index in [-0.39, 0.29) is 0 Å². The SMILES string of the molecule is N[C@H]1CC[C@H](Cc2ccccc2)C1. The van der Waals surface area contributed by atoms with Gasteiger partial charge in [-0.1, -0.05) is 30.3 Å². The Hall–Kier alpha value is -0.820. The molecule has 0 aromatic heterocycles. The van der Waals surface area contributed by atoms with Gasteiger partial charge in [0.15, 0.2) is 0 Å². The van der Waals surface area contributed by atoms with E-state index < -0.39 is 0 Å². The Morgan fingerprint density at radius 2 is 1.92 bits per heavy atom. The van der Waals surface area contributed by atoms with Crippen molar-refractivity contribution in [1.29, 1.82) is 0 Å². The molecule has 2 rings (SSSR count). The van der Waals surface area contributed by atoms with Crippen LogP contribution in [0.2, 0.25) is 0 Å². The lowest BCUT2D eigenvalue weighted by molar-refractivity contribution is 0.535. The van der Waals surface area contributed by atoms with Crippen molar-refractivity contribution in [3.05, 3.63) is 35.9 Å². The fourth-order valence-corrected chi connectivity index (χ4v) is 2.25. The third-order valence-electron chi connectivity index (χ3n) is 2.95. The van der Waals surface area contributed by atoms with Crippen LogP contribution in [0.15, 0.2) is 30.3 Å². The first kappa shape index (κ1) is 8.76. The van der Waals surface area contributed by atoms with E-state index in [0.717, 1.165) is 5.92 Å². The zero-order valence-electron chi connectivity index (χ0n) is 7.95. The quantitative estimate of drug-likeness (QED) is 0.733. The van der Waals surface area contributed by atoms with Crippen LogP contribution in [0.5, 0.6) is 0 Å². The largest absolute Gasteiger partial charge is 0.328 e. The molecule has 13 heavy (non-hydrogen) atoms. The lowest BCUT2D eigenvalue weighted by Crippen LogP contribution is -2.15. The summed E-state index contributed by atoms with van der Waals surface area (Å²) in [5, 5.41) is 0. The normalized spacial score (nSPS) is 27.8. The van der Waals surface area contributed by atoms with Crippen molar-refractivity contribution in [2.45, 2.75) is 31.7 Å². The molecule has 0 unspecified atom stereocenters. The third kappa shape index (κ3) is 2.31. The van der Waals surface area contributed by atoms with Gasteiger partial charge in [0.05, 0.1) is 0 Å². The van der Waals surface area contributed by atoms with Crippen LogP contribution in [0.4, 0.5) is 0 Å². The summed E-state index contributed by atoms with van der Waals surface area (Å²) in [6.07, 6.45) is 4.97. The summed E-state index contributed by atoms with van der Waals surface area (Å²) in [5.41, 5.74) is 7.34. The summed E-state index contributed by atoms with van der Waals surface area (Å²) in [4.78, 5) is 0. The molecule has 1 heteroatoms. The van der Waals surface area contributed by atoms with E-state index in [0.29, 0.717) is 6.04 Å². The van der Waals surface area contributed by atoms with E-state index in [1.165, 1.54) is 31.2 Å². The van der Waals surface area contributed by atoms with E-state index in [9.17, 15) is 0 Å². The second-order valence-corrected chi connectivity index (χ2v) is 4.13. The number of benzene rings is 1. The maximum absolute atomic E-state index is 5.88. The molecule has 0 saturated heterocycles. The molecule has 0 spiro atoms. The van der Waals surface area contributed by atoms with Crippen LogP contribution >= 0.6 is 0 Å². The van der Waals surface area contributed by atoms with Crippen molar-refractivity contribution in [3.63, 3.8) is 0 Å². The molecule has 0 bridgehead atoms. The van der Waals surface area contributed by atoms with Crippen LogP contribution in [0.1, 0.15) is 24.8 Å². The smallest absolute Gasteiger partial charge is 0.00416 e. The zero-order valence-corrected chi connectivity index (χ0v) is 7.95. The minimum Gasteiger partial charge on any atom is -0.328 e. The first-order valence-electron chi connectivity index (χ1n) is 5.14. The van der Waals surface area contributed by atoms with Gasteiger partial charge < -0.3 is 5.73 Å². The van der Waals surface area contributed by atoms with Crippen molar-refractivity contribution in [1.82, 2.24) is 0 Å². The molecule has 1 saturated carbocycles. The highest BCUT2D eigenvalue weighted by molar-refractivity contribution is 5.15. The predicted octanol–water partition coefficient (Wildman–Crippen LogP) is 2.36. The maximum Gasteiger partial charge on any atom is 0.00416 e. The monoisotopic (exact) mass is 175 g/mol. The van der Waals surface area contributed by atoms with E-state index >= 15 is 0 Å². The molecule has 1 aliphatic rings. The molecule has 0 amide bonds. The number of nitrogens with two attached hydrogens (primary N) is 1. The second kappa shape index (κ2) is 3.93. The molecule has 0 radical (unpaired) electrons. The van der Waals surface area contributed by atoms with Gasteiger partial charge in [-0.2, -0.15) is 0 Å². The second-order valence-electron chi connectivity index (χ2n) is 4.13. The highest BCUT2D eigenvalue weighted by atomic mass is 14.6. The molecular weight excluding hydrogens is 158 g/mol. The van der Waals surface area contributed by atoms with Crippen molar-refractivity contribution < 1.29 is 0 Å². The Morgan fingerprint density at radius 1 is 1.15 bits per heavy atom. The summed E-state index contributed by atoms with van der Waals surface area (Å²) >= 11 is 0. The highest BCUT2D eigenvalue weighted by Crippen LogP contribution is 2.27. The summed E-state index contributed by atoms with van der Waals surface area (Å²) in [7, 11) is 0. The van der Waals surface area contributed by atoms with Gasteiger partial charge in [0.2, 0.25) is 0 Å². The van der Waals surface area contributed by atoms with Crippen LogP contribution in [0, 0.1) is 5.92 Å². The lowest BCUT2D eigenvalue weighted by Gasteiger charge is -2.08. The number of rotatable bonds is 2. The first-order valence-corrected chi connectivity index (χ1v) is 5.14. The third-order valence-corrected chi connectivity index (χ3v) is 2.95. The van der Waals surface area contributed by atoms with Gasteiger partial charge in [-0.3, -0.25) is 0 Å². The average Bonchev–Trinajstić information content (AvgIpc) is 2.53. The van der Waals surface area contributed by atoms with Crippen molar-refractivity contribution in [3.8, 4) is 0 Å². The number of hydrogen-bond acceptors (Lipinski definition) is 1. The Kier molecular flexibility index (Phi) is 2.65. The molecule has 1 aromatic carbocycles. The van der Waals surface area contributed by atoms with Crippen LogP contribution in [0.25, 0.3) is 0 Å². The van der Waals surface area contributed by atoms with E-state index in [4.69, 9.17) is 5.73 Å². The topological polar surface area (TPSA) is 26.0 Å². The Balaban J connectivity index is 1.92. The van der Waals surface area contributed by atoms with Crippen LogP contribution in [-0.4, -0.2) is 6.04 Å². The Bertz CT molecular complexity index is 255. The molecule has 0 aliphatic heterocycles. The Morgan fingerprint density at radius 3 is 2.54 bits per heavy atom. The van der Waals surface area contributed by atoms with Crippen molar-refractivity contribution in [2.24, 2.45) is 11.7 Å². The minimum absolute atomic E-state index is 0.466. The first-order chi connectivity index (χ1) is 6.34. The predicted molar refractivity (Wildman–Crippen MR) is 55.5 cm³/mol. The Labute approximate surface area is 80.0 Å². The summed E-state index contributed by atoms with van der Waals surface area (Å²) < 4.78 is 0. The van der Waals surface area contributed by atoms with Crippen LogP contribution in [-0.2, 0) is 6.42 Å². The lowest BCUT2D eigenvalue weighted by atomic mass is 9.98. The molecule has 1 aromatic rings. The van der Waals surface area contributed by atoms with Gasteiger partial charge in [0.25, 0.3) is 0 Å². The van der Waals surface area contributed by atoms with Crippen molar-refractivity contribution >= 4 is 0 Å². The molecule has 1 nitrogen and oxygen atoms in total. The van der Waals surface area contributed by atoms with Gasteiger partial charge >= 0.3 is 0 Å². The van der Waals surface area contributed by atoms with Crippen LogP contribution in [0.3, 0.4) is 0 Å². The van der Waals surface area contributed by atoms with E-state index in [1.54, 1.807) is 0 Å². The van der Waals surface area contributed by atoms with Gasteiger partial charge in [-0.05, 0) is 37.2 Å². The summed E-state index contributed by atoms with van der Waals surface area (Å²) in [6, 6.07) is 11.2. The maximum atomic E-state index is 5.88. The van der Waals surface area contributed by atoms with Gasteiger partial charge in [-0.15, -0.1) is 0 Å². The number of hydrogen-bond donors (Lipinski definition) is 1.